The van der Waals surface area contributed by atoms with Crippen LogP contribution in [0.25, 0.3) is 0 Å². The van der Waals surface area contributed by atoms with Gasteiger partial charge >= 0.3 is 0 Å². The van der Waals surface area contributed by atoms with Crippen molar-refractivity contribution in [3.8, 4) is 0 Å². The minimum absolute atomic E-state index is 1.02. The Morgan fingerprint density at radius 1 is 0.875 bits per heavy atom. The van der Waals surface area contributed by atoms with Crippen LogP contribution < -0.4 is 0 Å². The van der Waals surface area contributed by atoms with Crippen molar-refractivity contribution in [3.63, 3.8) is 0 Å². The first-order chi connectivity index (χ1) is 7.93. The highest BCUT2D eigenvalue weighted by atomic mass is 32.2. The van der Waals surface area contributed by atoms with Crippen LogP contribution in [0.1, 0.15) is 11.1 Å². The maximum atomic E-state index is 4.70. The van der Waals surface area contributed by atoms with Crippen LogP contribution in [-0.2, 0) is 5.75 Å². The molecule has 1 aliphatic heterocycles. The van der Waals surface area contributed by atoms with Crippen molar-refractivity contribution in [3.05, 3.63) is 65.7 Å². The molecule has 0 radical (unpaired) electrons. The molecule has 0 atom stereocenters. The lowest BCUT2D eigenvalue weighted by Crippen LogP contribution is -2.00. The first-order valence-corrected chi connectivity index (χ1v) is 6.27. The van der Waals surface area contributed by atoms with Crippen molar-refractivity contribution in [1.29, 1.82) is 0 Å². The Morgan fingerprint density at radius 3 is 2.50 bits per heavy atom. The summed E-state index contributed by atoms with van der Waals surface area (Å²) in [5.41, 5.74) is 3.65. The molecule has 1 aliphatic rings. The Bertz CT molecular complexity index is 531. The van der Waals surface area contributed by atoms with Crippen molar-refractivity contribution < 1.29 is 0 Å². The molecule has 0 spiro atoms. The molecule has 0 aromatic heterocycles. The topological polar surface area (TPSA) is 12.4 Å². The summed E-state index contributed by atoms with van der Waals surface area (Å²) < 4.78 is 0. The molecule has 1 nitrogen and oxygen atoms in total. The van der Waals surface area contributed by atoms with E-state index in [1.54, 1.807) is 0 Å². The molecular weight excluding hydrogens is 214 g/mol. The average molecular weight is 225 g/mol. The van der Waals surface area contributed by atoms with Crippen molar-refractivity contribution >= 4 is 22.5 Å². The average Bonchev–Trinajstić information content (AvgIpc) is 2.39. The molecule has 3 rings (SSSR count). The van der Waals surface area contributed by atoms with Gasteiger partial charge in [0.05, 0.1) is 5.69 Å². The first kappa shape index (κ1) is 9.67. The van der Waals surface area contributed by atoms with E-state index in [1.165, 1.54) is 11.1 Å². The second kappa shape index (κ2) is 4.14. The lowest BCUT2D eigenvalue weighted by molar-refractivity contribution is 1.35. The van der Waals surface area contributed by atoms with Gasteiger partial charge in [0.15, 0.2) is 0 Å². The third-order valence-electron chi connectivity index (χ3n) is 2.60. The second-order valence-electron chi connectivity index (χ2n) is 3.70. The highest BCUT2D eigenvalue weighted by molar-refractivity contribution is 8.13. The Morgan fingerprint density at radius 2 is 1.62 bits per heavy atom. The Balaban J connectivity index is 2.04. The van der Waals surface area contributed by atoms with Gasteiger partial charge in [-0.05, 0) is 11.6 Å². The third kappa shape index (κ3) is 1.76. The zero-order chi connectivity index (χ0) is 10.8. The number of fused-ring (bicyclic) bond motifs is 1. The summed E-state index contributed by atoms with van der Waals surface area (Å²) in [5, 5.41) is 1.12. The maximum absolute atomic E-state index is 4.70. The van der Waals surface area contributed by atoms with Crippen LogP contribution in [0.5, 0.6) is 0 Å². The zero-order valence-electron chi connectivity index (χ0n) is 8.76. The van der Waals surface area contributed by atoms with Gasteiger partial charge in [0.2, 0.25) is 0 Å². The monoisotopic (exact) mass is 225 g/mol. The summed E-state index contributed by atoms with van der Waals surface area (Å²) >= 11 is 1.81. The lowest BCUT2D eigenvalue weighted by Gasteiger charge is -2.14. The van der Waals surface area contributed by atoms with Gasteiger partial charge in [0, 0.05) is 11.3 Å². The van der Waals surface area contributed by atoms with Gasteiger partial charge < -0.3 is 0 Å². The fraction of sp³-hybridized carbons (Fsp3) is 0.0714. The predicted molar refractivity (Wildman–Crippen MR) is 70.4 cm³/mol. The van der Waals surface area contributed by atoms with Crippen LogP contribution in [0.2, 0.25) is 0 Å². The molecule has 78 valence electrons. The van der Waals surface area contributed by atoms with Crippen LogP contribution in [0.4, 0.5) is 5.69 Å². The smallest absolute Gasteiger partial charge is 0.104 e. The Kier molecular flexibility index (Phi) is 2.50. The van der Waals surface area contributed by atoms with Crippen molar-refractivity contribution in [2.45, 2.75) is 5.75 Å². The quantitative estimate of drug-likeness (QED) is 0.714. The van der Waals surface area contributed by atoms with Crippen molar-refractivity contribution in [2.24, 2.45) is 4.99 Å². The van der Waals surface area contributed by atoms with E-state index >= 15 is 0 Å². The van der Waals surface area contributed by atoms with Gasteiger partial charge in [-0.15, -0.1) is 11.8 Å². The zero-order valence-corrected chi connectivity index (χ0v) is 9.58. The van der Waals surface area contributed by atoms with Gasteiger partial charge in [-0.2, -0.15) is 0 Å². The number of benzene rings is 2. The molecule has 0 bridgehead atoms. The molecule has 2 aromatic carbocycles. The fourth-order valence-electron chi connectivity index (χ4n) is 1.76. The molecular formula is C14H11NS. The first-order valence-electron chi connectivity index (χ1n) is 5.28. The van der Waals surface area contributed by atoms with Gasteiger partial charge in [-0.3, -0.25) is 0 Å². The number of hydrogen-bond acceptors (Lipinski definition) is 2. The summed E-state index contributed by atoms with van der Waals surface area (Å²) in [6.45, 7) is 0. The minimum Gasteiger partial charge on any atom is -0.241 e. The van der Waals surface area contributed by atoms with Crippen LogP contribution >= 0.6 is 11.8 Å². The van der Waals surface area contributed by atoms with Crippen molar-refractivity contribution in [1.82, 2.24) is 0 Å². The Labute approximate surface area is 99.2 Å². The van der Waals surface area contributed by atoms with Crippen LogP contribution in [0.3, 0.4) is 0 Å². The van der Waals surface area contributed by atoms with E-state index in [4.69, 9.17) is 4.99 Å². The molecule has 2 heteroatoms. The van der Waals surface area contributed by atoms with Gasteiger partial charge in [0.1, 0.15) is 5.04 Å². The molecule has 0 aliphatic carbocycles. The minimum atomic E-state index is 1.02. The standard InChI is InChI=1S/C14H11NS/c1-2-6-11(7-3-1)14-15-13-9-5-4-8-12(13)10-16-14/h1-9H,10H2. The van der Waals surface area contributed by atoms with Gasteiger partial charge in [-0.1, -0.05) is 48.5 Å². The molecule has 0 fully saturated rings. The van der Waals surface area contributed by atoms with E-state index in [0.29, 0.717) is 0 Å². The summed E-state index contributed by atoms with van der Waals surface area (Å²) in [6, 6.07) is 18.7. The molecule has 2 aromatic rings. The molecule has 0 N–H and O–H groups in total. The molecule has 1 heterocycles. The maximum Gasteiger partial charge on any atom is 0.104 e. The predicted octanol–water partition coefficient (Wildman–Crippen LogP) is 4.01. The molecule has 16 heavy (non-hydrogen) atoms. The van der Waals surface area contributed by atoms with E-state index in [1.807, 2.05) is 23.9 Å². The van der Waals surface area contributed by atoms with Crippen molar-refractivity contribution in [2.75, 3.05) is 0 Å². The summed E-state index contributed by atoms with van der Waals surface area (Å²) in [5.74, 6) is 1.02. The highest BCUT2D eigenvalue weighted by Crippen LogP contribution is 2.32. The number of hydrogen-bond donors (Lipinski definition) is 0. The Hall–Kier alpha value is -1.54. The molecule has 0 saturated heterocycles. The second-order valence-corrected chi connectivity index (χ2v) is 4.66. The van der Waals surface area contributed by atoms with E-state index < -0.39 is 0 Å². The third-order valence-corrected chi connectivity index (χ3v) is 3.65. The van der Waals surface area contributed by atoms with E-state index in [0.717, 1.165) is 16.5 Å². The number of aliphatic imine (C=N–C) groups is 1. The molecule has 0 amide bonds. The largest absolute Gasteiger partial charge is 0.241 e. The fourth-order valence-corrected chi connectivity index (χ4v) is 2.76. The van der Waals surface area contributed by atoms with Gasteiger partial charge in [-0.25, -0.2) is 4.99 Å². The number of para-hydroxylation sites is 1. The number of rotatable bonds is 1. The van der Waals surface area contributed by atoms with E-state index in [9.17, 15) is 0 Å². The summed E-state index contributed by atoms with van der Waals surface area (Å²) in [4.78, 5) is 4.70. The number of thioether (sulfide) groups is 1. The van der Waals surface area contributed by atoms with Crippen LogP contribution in [0, 0.1) is 0 Å². The number of nitrogens with zero attached hydrogens (tertiary/aromatic N) is 1. The molecule has 0 saturated carbocycles. The summed E-state index contributed by atoms with van der Waals surface area (Å²) in [7, 11) is 0. The summed E-state index contributed by atoms with van der Waals surface area (Å²) in [6.07, 6.45) is 0. The van der Waals surface area contributed by atoms with Crippen LogP contribution in [0.15, 0.2) is 59.6 Å². The van der Waals surface area contributed by atoms with E-state index in [2.05, 4.69) is 42.5 Å². The lowest BCUT2D eigenvalue weighted by atomic mass is 10.2. The van der Waals surface area contributed by atoms with E-state index in [-0.39, 0.29) is 0 Å². The van der Waals surface area contributed by atoms with Crippen LogP contribution in [-0.4, -0.2) is 5.04 Å². The SMILES string of the molecule is c1ccc(C2=Nc3ccccc3CS2)cc1. The molecule has 0 unspecified atom stereocenters. The highest BCUT2D eigenvalue weighted by Gasteiger charge is 2.12. The van der Waals surface area contributed by atoms with Gasteiger partial charge in [0.25, 0.3) is 0 Å². The normalized spacial score (nSPS) is 14.1.